The van der Waals surface area contributed by atoms with Crippen LogP contribution >= 0.6 is 0 Å². The number of nitrogens with one attached hydrogen (secondary N) is 1. The van der Waals surface area contributed by atoms with Gasteiger partial charge in [-0.2, -0.15) is 0 Å². The van der Waals surface area contributed by atoms with Gasteiger partial charge in [-0.25, -0.2) is 0 Å². The molecule has 5 nitrogen and oxygen atoms in total. The number of hydrogen-bond acceptors (Lipinski definition) is 4. The van der Waals surface area contributed by atoms with E-state index in [1.807, 2.05) is 55.5 Å². The molecular weight excluding hydrogens is 306 g/mol. The minimum atomic E-state index is -0.156. The van der Waals surface area contributed by atoms with Crippen molar-refractivity contribution in [2.45, 2.75) is 13.3 Å². The van der Waals surface area contributed by atoms with Crippen LogP contribution in [0.15, 0.2) is 48.5 Å². The second-order valence-electron chi connectivity index (χ2n) is 5.35. The van der Waals surface area contributed by atoms with Gasteiger partial charge in [-0.05, 0) is 48.9 Å². The molecule has 2 aromatic rings. The lowest BCUT2D eigenvalue weighted by Gasteiger charge is -2.08. The summed E-state index contributed by atoms with van der Waals surface area (Å²) in [7, 11) is 1.63. The number of rotatable bonds is 9. The fourth-order valence-electron chi connectivity index (χ4n) is 2.11. The van der Waals surface area contributed by atoms with Gasteiger partial charge >= 0.3 is 0 Å². The van der Waals surface area contributed by atoms with Crippen molar-refractivity contribution in [3.05, 3.63) is 54.1 Å². The van der Waals surface area contributed by atoms with Gasteiger partial charge in [-0.1, -0.05) is 12.1 Å². The van der Waals surface area contributed by atoms with Crippen LogP contribution in [-0.4, -0.2) is 32.8 Å². The summed E-state index contributed by atoms with van der Waals surface area (Å²) in [5.41, 5.74) is 1.89. The number of benzene rings is 2. The first-order valence-corrected chi connectivity index (χ1v) is 7.88. The first-order chi connectivity index (χ1) is 11.7. The third kappa shape index (κ3) is 6.30. The zero-order valence-corrected chi connectivity index (χ0v) is 14.1. The average Bonchev–Trinajstić information content (AvgIpc) is 2.58. The fraction of sp³-hybridized carbons (Fsp3) is 0.316. The van der Waals surface area contributed by atoms with Gasteiger partial charge in [0.2, 0.25) is 5.91 Å². The Morgan fingerprint density at radius 3 is 2.50 bits per heavy atom. The maximum absolute atomic E-state index is 11.8. The Labute approximate surface area is 142 Å². The Bertz CT molecular complexity index is 640. The SMILES string of the molecule is COc1ccc(OCCCOCC(=O)Nc2cccc(C)c2)cc1. The molecule has 0 atom stereocenters. The zero-order chi connectivity index (χ0) is 17.2. The van der Waals surface area contributed by atoms with Crippen LogP contribution in [0.25, 0.3) is 0 Å². The Morgan fingerprint density at radius 2 is 1.79 bits per heavy atom. The van der Waals surface area contributed by atoms with Gasteiger partial charge in [-0.15, -0.1) is 0 Å². The van der Waals surface area contributed by atoms with E-state index in [1.54, 1.807) is 7.11 Å². The molecule has 1 N–H and O–H groups in total. The largest absolute Gasteiger partial charge is 0.497 e. The molecule has 24 heavy (non-hydrogen) atoms. The Kier molecular flexibility index (Phi) is 7.11. The van der Waals surface area contributed by atoms with E-state index in [-0.39, 0.29) is 12.5 Å². The monoisotopic (exact) mass is 329 g/mol. The number of anilines is 1. The predicted molar refractivity (Wildman–Crippen MR) is 93.7 cm³/mol. The van der Waals surface area contributed by atoms with E-state index in [2.05, 4.69) is 5.32 Å². The van der Waals surface area contributed by atoms with Crippen LogP contribution in [0.4, 0.5) is 5.69 Å². The van der Waals surface area contributed by atoms with Crippen molar-refractivity contribution >= 4 is 11.6 Å². The molecule has 5 heteroatoms. The molecule has 0 heterocycles. The summed E-state index contributed by atoms with van der Waals surface area (Å²) < 4.78 is 16.0. The number of carbonyl (C=O) groups excluding carboxylic acids is 1. The molecule has 0 aliphatic carbocycles. The molecular formula is C19H23NO4. The van der Waals surface area contributed by atoms with E-state index >= 15 is 0 Å². The molecule has 0 unspecified atom stereocenters. The first-order valence-electron chi connectivity index (χ1n) is 7.88. The van der Waals surface area contributed by atoms with E-state index in [0.29, 0.717) is 19.6 Å². The normalized spacial score (nSPS) is 10.2. The Morgan fingerprint density at radius 1 is 1.04 bits per heavy atom. The minimum Gasteiger partial charge on any atom is -0.497 e. The van der Waals surface area contributed by atoms with Gasteiger partial charge in [0.1, 0.15) is 18.1 Å². The molecule has 0 spiro atoms. The summed E-state index contributed by atoms with van der Waals surface area (Å²) in [6.45, 7) is 3.02. The maximum atomic E-state index is 11.8. The van der Waals surface area contributed by atoms with E-state index in [0.717, 1.165) is 22.7 Å². The smallest absolute Gasteiger partial charge is 0.250 e. The number of aryl methyl sites for hydroxylation is 1. The van der Waals surface area contributed by atoms with Gasteiger partial charge in [0, 0.05) is 12.1 Å². The lowest BCUT2D eigenvalue weighted by atomic mass is 10.2. The third-order valence-electron chi connectivity index (χ3n) is 3.30. The van der Waals surface area contributed by atoms with Crippen LogP contribution in [0.3, 0.4) is 0 Å². The summed E-state index contributed by atoms with van der Waals surface area (Å²) in [6, 6.07) is 15.1. The topological polar surface area (TPSA) is 56.8 Å². The molecule has 0 aromatic heterocycles. The first kappa shape index (κ1) is 17.8. The van der Waals surface area contributed by atoms with E-state index < -0.39 is 0 Å². The molecule has 2 rings (SSSR count). The Balaban J connectivity index is 1.56. The number of amides is 1. The number of methoxy groups -OCH3 is 1. The lowest BCUT2D eigenvalue weighted by molar-refractivity contribution is -0.120. The summed E-state index contributed by atoms with van der Waals surface area (Å²) in [5.74, 6) is 1.43. The minimum absolute atomic E-state index is 0.0382. The molecule has 0 aliphatic heterocycles. The second kappa shape index (κ2) is 9.57. The van der Waals surface area contributed by atoms with Gasteiger partial charge in [0.25, 0.3) is 0 Å². The quantitative estimate of drug-likeness (QED) is 0.716. The lowest BCUT2D eigenvalue weighted by Crippen LogP contribution is -2.19. The average molecular weight is 329 g/mol. The van der Waals surface area contributed by atoms with Crippen molar-refractivity contribution in [2.24, 2.45) is 0 Å². The van der Waals surface area contributed by atoms with Crippen molar-refractivity contribution < 1.29 is 19.0 Å². The third-order valence-corrected chi connectivity index (χ3v) is 3.30. The van der Waals surface area contributed by atoms with Crippen molar-refractivity contribution in [3.63, 3.8) is 0 Å². The zero-order valence-electron chi connectivity index (χ0n) is 14.1. The highest BCUT2D eigenvalue weighted by molar-refractivity contribution is 5.91. The highest BCUT2D eigenvalue weighted by Crippen LogP contribution is 2.17. The number of ether oxygens (including phenoxy) is 3. The maximum Gasteiger partial charge on any atom is 0.250 e. The summed E-state index contributed by atoms with van der Waals surface area (Å²) in [6.07, 6.45) is 0.712. The molecule has 0 fully saturated rings. The molecule has 0 aliphatic rings. The highest BCUT2D eigenvalue weighted by Gasteiger charge is 2.02. The van der Waals surface area contributed by atoms with E-state index in [4.69, 9.17) is 14.2 Å². The number of hydrogen-bond donors (Lipinski definition) is 1. The molecule has 2 aromatic carbocycles. The summed E-state index contributed by atoms with van der Waals surface area (Å²) in [5, 5.41) is 2.80. The highest BCUT2D eigenvalue weighted by atomic mass is 16.5. The van der Waals surface area contributed by atoms with Crippen molar-refractivity contribution in [1.29, 1.82) is 0 Å². The second-order valence-corrected chi connectivity index (χ2v) is 5.35. The van der Waals surface area contributed by atoms with Crippen molar-refractivity contribution in [2.75, 3.05) is 32.2 Å². The summed E-state index contributed by atoms with van der Waals surface area (Å²) in [4.78, 5) is 11.8. The molecule has 0 bridgehead atoms. The van der Waals surface area contributed by atoms with Crippen molar-refractivity contribution in [1.82, 2.24) is 0 Å². The van der Waals surface area contributed by atoms with Crippen LogP contribution < -0.4 is 14.8 Å². The van der Waals surface area contributed by atoms with Crippen LogP contribution in [0.5, 0.6) is 11.5 Å². The molecule has 0 radical (unpaired) electrons. The standard InChI is InChI=1S/C19H23NO4/c1-15-5-3-6-16(13-15)20-19(21)14-23-11-4-12-24-18-9-7-17(22-2)8-10-18/h3,5-10,13H,4,11-12,14H2,1-2H3,(H,20,21). The van der Waals surface area contributed by atoms with Crippen LogP contribution in [0, 0.1) is 6.92 Å². The number of carbonyl (C=O) groups is 1. The Hall–Kier alpha value is -2.53. The fourth-order valence-corrected chi connectivity index (χ4v) is 2.11. The van der Waals surface area contributed by atoms with E-state index in [9.17, 15) is 4.79 Å². The molecule has 0 saturated carbocycles. The van der Waals surface area contributed by atoms with Gasteiger partial charge < -0.3 is 19.5 Å². The van der Waals surface area contributed by atoms with Gasteiger partial charge in [0.15, 0.2) is 0 Å². The predicted octanol–water partition coefficient (Wildman–Crippen LogP) is 3.43. The van der Waals surface area contributed by atoms with Crippen molar-refractivity contribution in [3.8, 4) is 11.5 Å². The van der Waals surface area contributed by atoms with E-state index in [1.165, 1.54) is 0 Å². The molecule has 0 saturated heterocycles. The van der Waals surface area contributed by atoms with Crippen LogP contribution in [0.1, 0.15) is 12.0 Å². The molecule has 1 amide bonds. The van der Waals surface area contributed by atoms with Crippen LogP contribution in [-0.2, 0) is 9.53 Å². The van der Waals surface area contributed by atoms with Gasteiger partial charge in [0.05, 0.1) is 20.3 Å². The van der Waals surface area contributed by atoms with Gasteiger partial charge in [-0.3, -0.25) is 4.79 Å². The van der Waals surface area contributed by atoms with Crippen LogP contribution in [0.2, 0.25) is 0 Å². The molecule has 128 valence electrons. The summed E-state index contributed by atoms with van der Waals surface area (Å²) >= 11 is 0.